The van der Waals surface area contributed by atoms with E-state index in [2.05, 4.69) is 15.5 Å². The average Bonchev–Trinajstić information content (AvgIpc) is 2.86. The van der Waals surface area contributed by atoms with Crippen molar-refractivity contribution in [2.24, 2.45) is 0 Å². The molecule has 1 aromatic heterocycles. The number of aryl methyl sites for hydroxylation is 1. The second kappa shape index (κ2) is 6.83. The Morgan fingerprint density at radius 1 is 1.48 bits per heavy atom. The molecule has 0 bridgehead atoms. The Kier molecular flexibility index (Phi) is 4.86. The van der Waals surface area contributed by atoms with Crippen molar-refractivity contribution in [2.75, 3.05) is 6.61 Å². The van der Waals surface area contributed by atoms with Crippen LogP contribution in [0.4, 0.5) is 0 Å². The van der Waals surface area contributed by atoms with Crippen LogP contribution in [0.2, 0.25) is 0 Å². The lowest BCUT2D eigenvalue weighted by Crippen LogP contribution is -2.16. The summed E-state index contributed by atoms with van der Waals surface area (Å²) in [6.07, 6.45) is 0.502. The standard InChI is InChI=1S/C14H18N4O3/c1-10-4-3-5-12(8-10)21-7-6-13-15-16-17-18(13)11(2)9-14(19)20/h3-5,8,11H,6-7,9H2,1-2H3,(H,19,20). The molecule has 1 aromatic carbocycles. The molecule has 2 rings (SSSR count). The molecule has 1 N–H and O–H groups in total. The number of carbonyl (C=O) groups is 1. The minimum Gasteiger partial charge on any atom is -0.493 e. The minimum atomic E-state index is -0.875. The van der Waals surface area contributed by atoms with Crippen molar-refractivity contribution in [3.05, 3.63) is 35.7 Å². The number of aliphatic carboxylic acids is 1. The Hall–Kier alpha value is -2.44. The van der Waals surface area contributed by atoms with E-state index in [4.69, 9.17) is 9.84 Å². The first kappa shape index (κ1) is 15.0. The monoisotopic (exact) mass is 290 g/mol. The number of rotatable bonds is 7. The van der Waals surface area contributed by atoms with Crippen molar-refractivity contribution in [1.82, 2.24) is 20.2 Å². The van der Waals surface area contributed by atoms with Gasteiger partial charge in [0.1, 0.15) is 5.75 Å². The van der Waals surface area contributed by atoms with Gasteiger partial charge >= 0.3 is 5.97 Å². The summed E-state index contributed by atoms with van der Waals surface area (Å²) >= 11 is 0. The highest BCUT2D eigenvalue weighted by molar-refractivity contribution is 5.67. The highest BCUT2D eigenvalue weighted by atomic mass is 16.5. The fraction of sp³-hybridized carbons (Fsp3) is 0.429. The molecular formula is C14H18N4O3. The van der Waals surface area contributed by atoms with E-state index >= 15 is 0 Å². The molecule has 0 saturated carbocycles. The summed E-state index contributed by atoms with van der Waals surface area (Å²) in [5.41, 5.74) is 1.13. The van der Waals surface area contributed by atoms with Crippen molar-refractivity contribution in [3.8, 4) is 5.75 Å². The number of aromatic nitrogens is 4. The van der Waals surface area contributed by atoms with Crippen molar-refractivity contribution in [3.63, 3.8) is 0 Å². The molecule has 2 aromatic rings. The molecule has 21 heavy (non-hydrogen) atoms. The van der Waals surface area contributed by atoms with E-state index in [0.717, 1.165) is 11.3 Å². The molecule has 0 aliphatic rings. The van der Waals surface area contributed by atoms with Gasteiger partial charge in [0, 0.05) is 6.42 Å². The van der Waals surface area contributed by atoms with E-state index in [-0.39, 0.29) is 12.5 Å². The lowest BCUT2D eigenvalue weighted by atomic mass is 10.2. The number of nitrogens with zero attached hydrogens (tertiary/aromatic N) is 4. The van der Waals surface area contributed by atoms with Gasteiger partial charge in [-0.15, -0.1) is 5.10 Å². The summed E-state index contributed by atoms with van der Waals surface area (Å²) in [6.45, 7) is 4.21. The summed E-state index contributed by atoms with van der Waals surface area (Å²) < 4.78 is 7.19. The molecule has 1 unspecified atom stereocenters. The molecule has 0 spiro atoms. The zero-order chi connectivity index (χ0) is 15.2. The summed E-state index contributed by atoms with van der Waals surface area (Å²) in [7, 11) is 0. The third kappa shape index (κ3) is 4.27. The van der Waals surface area contributed by atoms with E-state index in [1.807, 2.05) is 31.2 Å². The molecule has 1 atom stereocenters. The van der Waals surface area contributed by atoms with Crippen LogP contribution in [0.5, 0.6) is 5.75 Å². The van der Waals surface area contributed by atoms with E-state index in [0.29, 0.717) is 18.9 Å². The van der Waals surface area contributed by atoms with Gasteiger partial charge < -0.3 is 9.84 Å². The van der Waals surface area contributed by atoms with Crippen LogP contribution in [0.3, 0.4) is 0 Å². The van der Waals surface area contributed by atoms with Crippen LogP contribution in [-0.2, 0) is 11.2 Å². The number of tetrazole rings is 1. The van der Waals surface area contributed by atoms with Crippen LogP contribution in [-0.4, -0.2) is 37.9 Å². The smallest absolute Gasteiger partial charge is 0.305 e. The Labute approximate surface area is 122 Å². The molecule has 0 fully saturated rings. The van der Waals surface area contributed by atoms with Gasteiger partial charge in [0.15, 0.2) is 5.82 Å². The molecule has 1 heterocycles. The number of carboxylic acids is 1. The van der Waals surface area contributed by atoms with Crippen molar-refractivity contribution in [1.29, 1.82) is 0 Å². The lowest BCUT2D eigenvalue weighted by Gasteiger charge is -2.11. The van der Waals surface area contributed by atoms with Crippen LogP contribution in [0.25, 0.3) is 0 Å². The summed E-state index contributed by atoms with van der Waals surface area (Å²) in [4.78, 5) is 10.7. The Bertz CT molecular complexity index is 612. The summed E-state index contributed by atoms with van der Waals surface area (Å²) in [5.74, 6) is 0.545. The molecule has 0 radical (unpaired) electrons. The number of carboxylic acid groups (broad SMARTS) is 1. The molecule has 7 nitrogen and oxygen atoms in total. The van der Waals surface area contributed by atoms with E-state index in [1.165, 1.54) is 4.68 Å². The SMILES string of the molecule is Cc1cccc(OCCc2nnnn2C(C)CC(=O)O)c1. The fourth-order valence-corrected chi connectivity index (χ4v) is 2.02. The third-order valence-corrected chi connectivity index (χ3v) is 3.03. The van der Waals surface area contributed by atoms with Gasteiger partial charge in [-0.05, 0) is 42.0 Å². The number of benzene rings is 1. The average molecular weight is 290 g/mol. The lowest BCUT2D eigenvalue weighted by molar-refractivity contribution is -0.137. The van der Waals surface area contributed by atoms with E-state index in [9.17, 15) is 4.79 Å². The predicted molar refractivity (Wildman–Crippen MR) is 75.2 cm³/mol. The molecule has 0 aliphatic carbocycles. The first-order valence-corrected chi connectivity index (χ1v) is 6.74. The number of hydrogen-bond acceptors (Lipinski definition) is 5. The number of hydrogen-bond donors (Lipinski definition) is 1. The van der Waals surface area contributed by atoms with Crippen molar-refractivity contribution >= 4 is 5.97 Å². The van der Waals surface area contributed by atoms with Crippen LogP contribution in [0.15, 0.2) is 24.3 Å². The van der Waals surface area contributed by atoms with Gasteiger partial charge in [-0.1, -0.05) is 12.1 Å². The maximum absolute atomic E-state index is 10.7. The van der Waals surface area contributed by atoms with Crippen LogP contribution in [0.1, 0.15) is 30.8 Å². The third-order valence-electron chi connectivity index (χ3n) is 3.03. The van der Waals surface area contributed by atoms with Gasteiger partial charge in [-0.3, -0.25) is 4.79 Å². The fourth-order valence-electron chi connectivity index (χ4n) is 2.02. The second-order valence-electron chi connectivity index (χ2n) is 4.90. The van der Waals surface area contributed by atoms with Crippen LogP contribution < -0.4 is 4.74 Å². The van der Waals surface area contributed by atoms with Gasteiger partial charge in [-0.25, -0.2) is 4.68 Å². The molecular weight excluding hydrogens is 272 g/mol. The molecule has 112 valence electrons. The number of ether oxygens (including phenoxy) is 1. The van der Waals surface area contributed by atoms with Gasteiger partial charge in [0.05, 0.1) is 19.1 Å². The quantitative estimate of drug-likeness (QED) is 0.833. The largest absolute Gasteiger partial charge is 0.493 e. The van der Waals surface area contributed by atoms with E-state index < -0.39 is 5.97 Å². The van der Waals surface area contributed by atoms with Crippen molar-refractivity contribution < 1.29 is 14.6 Å². The van der Waals surface area contributed by atoms with Crippen LogP contribution >= 0.6 is 0 Å². The zero-order valence-electron chi connectivity index (χ0n) is 12.1. The Morgan fingerprint density at radius 2 is 2.29 bits per heavy atom. The normalized spacial score (nSPS) is 12.1. The predicted octanol–water partition coefficient (Wildman–Crippen LogP) is 1.64. The molecule has 0 saturated heterocycles. The highest BCUT2D eigenvalue weighted by Crippen LogP contribution is 2.14. The zero-order valence-corrected chi connectivity index (χ0v) is 12.1. The molecule has 7 heteroatoms. The van der Waals surface area contributed by atoms with Gasteiger partial charge in [0.25, 0.3) is 0 Å². The minimum absolute atomic E-state index is 0.0171. The maximum Gasteiger partial charge on any atom is 0.305 e. The first-order valence-electron chi connectivity index (χ1n) is 6.74. The Morgan fingerprint density at radius 3 is 3.00 bits per heavy atom. The van der Waals surface area contributed by atoms with Gasteiger partial charge in [-0.2, -0.15) is 0 Å². The maximum atomic E-state index is 10.7. The first-order chi connectivity index (χ1) is 10.1. The molecule has 0 amide bonds. The van der Waals surface area contributed by atoms with Crippen LogP contribution in [0, 0.1) is 6.92 Å². The van der Waals surface area contributed by atoms with E-state index in [1.54, 1.807) is 6.92 Å². The molecule has 0 aliphatic heterocycles. The summed E-state index contributed by atoms with van der Waals surface area (Å²) in [6, 6.07) is 7.50. The van der Waals surface area contributed by atoms with Gasteiger partial charge in [0.2, 0.25) is 0 Å². The highest BCUT2D eigenvalue weighted by Gasteiger charge is 2.15. The second-order valence-corrected chi connectivity index (χ2v) is 4.90. The Balaban J connectivity index is 1.92. The van der Waals surface area contributed by atoms with Crippen molar-refractivity contribution in [2.45, 2.75) is 32.7 Å². The topological polar surface area (TPSA) is 90.1 Å². The summed E-state index contributed by atoms with van der Waals surface area (Å²) in [5, 5.41) is 20.2.